The zero-order valence-corrected chi connectivity index (χ0v) is 17.7. The molecule has 1 amide bonds. The van der Waals surface area contributed by atoms with E-state index in [9.17, 15) is 14.7 Å². The molecular formula is C26H22N4O3. The van der Waals surface area contributed by atoms with E-state index in [2.05, 4.69) is 15.7 Å². The Labute approximate surface area is 190 Å². The van der Waals surface area contributed by atoms with Crippen molar-refractivity contribution >= 4 is 17.4 Å². The zero-order chi connectivity index (χ0) is 22.8. The molecule has 3 aromatic carbocycles. The number of hydrogen-bond donors (Lipinski definition) is 3. The van der Waals surface area contributed by atoms with Gasteiger partial charge in [0, 0.05) is 30.2 Å². The number of amides is 1. The number of carbonyl (C=O) groups excluding carboxylic acids is 2. The van der Waals surface area contributed by atoms with Crippen molar-refractivity contribution in [1.29, 1.82) is 0 Å². The fraction of sp³-hybridized carbons (Fsp3) is 0.115. The average Bonchev–Trinajstić information content (AvgIpc) is 3.49. The topological polar surface area (TPSA) is 96.3 Å². The molecule has 33 heavy (non-hydrogen) atoms. The summed E-state index contributed by atoms with van der Waals surface area (Å²) in [5.74, 6) is -0.0122. The molecule has 1 aromatic heterocycles. The maximum absolute atomic E-state index is 13.1. The predicted molar refractivity (Wildman–Crippen MR) is 125 cm³/mol. The molecule has 1 unspecified atom stereocenters. The molecule has 3 N–H and O–H groups in total. The van der Waals surface area contributed by atoms with Crippen molar-refractivity contribution in [2.24, 2.45) is 0 Å². The number of carbonyl (C=O) groups is 2. The lowest BCUT2D eigenvalue weighted by molar-refractivity contribution is -0.121. The van der Waals surface area contributed by atoms with Crippen molar-refractivity contribution in [2.45, 2.75) is 19.1 Å². The third-order valence-electron chi connectivity index (χ3n) is 5.76. The summed E-state index contributed by atoms with van der Waals surface area (Å²) >= 11 is 0. The second kappa shape index (κ2) is 8.72. The first kappa shape index (κ1) is 20.7. The van der Waals surface area contributed by atoms with Crippen LogP contribution in [0.3, 0.4) is 0 Å². The molecule has 0 saturated carbocycles. The van der Waals surface area contributed by atoms with E-state index in [0.717, 1.165) is 22.3 Å². The number of aromatic nitrogens is 2. The molecular weight excluding hydrogens is 416 g/mol. The van der Waals surface area contributed by atoms with Crippen molar-refractivity contribution in [3.8, 4) is 16.9 Å². The minimum Gasteiger partial charge on any atom is -0.508 e. The van der Waals surface area contributed by atoms with Crippen molar-refractivity contribution in [1.82, 2.24) is 15.1 Å². The summed E-state index contributed by atoms with van der Waals surface area (Å²) in [7, 11) is 0. The minimum absolute atomic E-state index is 0.0389. The SMILES string of the molecule is O=C(Nc1ccc2c(c1)CNC2C(=O)Cn1cccn1)c1ccccc1-c1ccc(O)cc1. The Balaban J connectivity index is 1.34. The Morgan fingerprint density at radius 2 is 1.88 bits per heavy atom. The Morgan fingerprint density at radius 3 is 2.67 bits per heavy atom. The van der Waals surface area contributed by atoms with Crippen LogP contribution in [0.5, 0.6) is 5.75 Å². The Morgan fingerprint density at radius 1 is 1.06 bits per heavy atom. The van der Waals surface area contributed by atoms with E-state index in [1.165, 1.54) is 0 Å². The van der Waals surface area contributed by atoms with Gasteiger partial charge >= 0.3 is 0 Å². The Bertz CT molecular complexity index is 1310. The molecule has 0 spiro atoms. The average molecular weight is 438 g/mol. The van der Waals surface area contributed by atoms with Gasteiger partial charge in [0.05, 0.1) is 6.04 Å². The highest BCUT2D eigenvalue weighted by Crippen LogP contribution is 2.30. The summed E-state index contributed by atoms with van der Waals surface area (Å²) in [4.78, 5) is 25.8. The van der Waals surface area contributed by atoms with E-state index in [-0.39, 0.29) is 30.0 Å². The number of fused-ring (bicyclic) bond motifs is 1. The van der Waals surface area contributed by atoms with Crippen molar-refractivity contribution < 1.29 is 14.7 Å². The zero-order valence-electron chi connectivity index (χ0n) is 17.7. The molecule has 0 fully saturated rings. The number of aromatic hydroxyl groups is 1. The minimum atomic E-state index is -0.385. The Hall–Kier alpha value is -4.23. The van der Waals surface area contributed by atoms with Crippen LogP contribution in [0.4, 0.5) is 5.69 Å². The maximum atomic E-state index is 13.1. The second-order valence-electron chi connectivity index (χ2n) is 7.94. The predicted octanol–water partition coefficient (Wildman–Crippen LogP) is 3.92. The van der Waals surface area contributed by atoms with E-state index in [1.807, 2.05) is 36.4 Å². The number of rotatable bonds is 6. The lowest BCUT2D eigenvalue weighted by Gasteiger charge is -2.13. The van der Waals surface area contributed by atoms with Crippen LogP contribution in [0.1, 0.15) is 27.5 Å². The lowest BCUT2D eigenvalue weighted by Crippen LogP contribution is -2.25. The van der Waals surface area contributed by atoms with Crippen LogP contribution in [-0.2, 0) is 17.9 Å². The number of phenolic OH excluding ortho intramolecular Hbond substituents is 1. The number of Topliss-reactive ketones (excluding diaryl/α,β-unsaturated/α-hetero) is 1. The second-order valence-corrected chi connectivity index (χ2v) is 7.94. The first-order valence-corrected chi connectivity index (χ1v) is 10.6. The molecule has 1 atom stereocenters. The lowest BCUT2D eigenvalue weighted by atomic mass is 9.98. The molecule has 0 saturated heterocycles. The van der Waals surface area contributed by atoms with Gasteiger partial charge in [-0.1, -0.05) is 36.4 Å². The molecule has 0 aliphatic carbocycles. The number of ketones is 1. The number of nitrogens with zero attached hydrogens (tertiary/aromatic N) is 2. The molecule has 5 rings (SSSR count). The highest BCUT2D eigenvalue weighted by Gasteiger charge is 2.28. The number of phenols is 1. The summed E-state index contributed by atoms with van der Waals surface area (Å²) in [5, 5.41) is 19.9. The van der Waals surface area contributed by atoms with Gasteiger partial charge in [-0.25, -0.2) is 0 Å². The highest BCUT2D eigenvalue weighted by atomic mass is 16.3. The van der Waals surface area contributed by atoms with Crippen LogP contribution in [0.15, 0.2) is 85.2 Å². The summed E-state index contributed by atoms with van der Waals surface area (Å²) in [6.07, 6.45) is 3.42. The summed E-state index contributed by atoms with van der Waals surface area (Å²) in [6.45, 7) is 0.759. The molecule has 4 aromatic rings. The van der Waals surface area contributed by atoms with Gasteiger partial charge in [-0.15, -0.1) is 0 Å². The van der Waals surface area contributed by atoms with Crippen LogP contribution in [0.25, 0.3) is 11.1 Å². The van der Waals surface area contributed by atoms with Gasteiger partial charge in [0.25, 0.3) is 5.91 Å². The fourth-order valence-electron chi connectivity index (χ4n) is 4.14. The van der Waals surface area contributed by atoms with Crippen molar-refractivity contribution in [3.05, 3.63) is 102 Å². The van der Waals surface area contributed by atoms with Gasteiger partial charge in [-0.05, 0) is 58.7 Å². The molecule has 7 heteroatoms. The van der Waals surface area contributed by atoms with Crippen LogP contribution in [-0.4, -0.2) is 26.6 Å². The van der Waals surface area contributed by atoms with Crippen molar-refractivity contribution in [2.75, 3.05) is 5.32 Å². The van der Waals surface area contributed by atoms with Crippen LogP contribution in [0.2, 0.25) is 0 Å². The smallest absolute Gasteiger partial charge is 0.256 e. The van der Waals surface area contributed by atoms with E-state index >= 15 is 0 Å². The molecule has 7 nitrogen and oxygen atoms in total. The maximum Gasteiger partial charge on any atom is 0.256 e. The normalized spacial score (nSPS) is 14.6. The van der Waals surface area contributed by atoms with Gasteiger partial charge in [0.15, 0.2) is 5.78 Å². The molecule has 164 valence electrons. The summed E-state index contributed by atoms with van der Waals surface area (Å²) in [6, 6.07) is 21.1. The number of benzene rings is 3. The van der Waals surface area contributed by atoms with Gasteiger partial charge in [-0.2, -0.15) is 5.10 Å². The van der Waals surface area contributed by atoms with Gasteiger partial charge in [0.2, 0.25) is 0 Å². The molecule has 2 heterocycles. The van der Waals surface area contributed by atoms with E-state index in [4.69, 9.17) is 0 Å². The van der Waals surface area contributed by atoms with E-state index in [1.54, 1.807) is 53.5 Å². The molecule has 0 bridgehead atoms. The van der Waals surface area contributed by atoms with E-state index < -0.39 is 0 Å². The summed E-state index contributed by atoms with van der Waals surface area (Å²) < 4.78 is 1.61. The highest BCUT2D eigenvalue weighted by molar-refractivity contribution is 6.08. The quantitative estimate of drug-likeness (QED) is 0.424. The van der Waals surface area contributed by atoms with E-state index in [0.29, 0.717) is 17.8 Å². The standard InChI is InChI=1S/C26H22N4O3/c31-20-9-6-17(7-10-20)21-4-1-2-5-23(21)26(33)29-19-8-11-22-18(14-19)15-27-25(22)24(32)16-30-13-3-12-28-30/h1-14,25,27,31H,15-16H2,(H,29,33). The van der Waals surface area contributed by atoms with Crippen LogP contribution in [0, 0.1) is 0 Å². The largest absolute Gasteiger partial charge is 0.508 e. The monoisotopic (exact) mass is 438 g/mol. The fourth-order valence-corrected chi connectivity index (χ4v) is 4.14. The van der Waals surface area contributed by atoms with Gasteiger partial charge < -0.3 is 10.4 Å². The molecule has 1 aliphatic heterocycles. The first-order valence-electron chi connectivity index (χ1n) is 10.6. The number of hydrogen-bond acceptors (Lipinski definition) is 5. The number of nitrogens with one attached hydrogen (secondary N) is 2. The third kappa shape index (κ3) is 4.26. The van der Waals surface area contributed by atoms with Crippen molar-refractivity contribution in [3.63, 3.8) is 0 Å². The summed E-state index contributed by atoms with van der Waals surface area (Å²) in [5.41, 5.74) is 4.74. The van der Waals surface area contributed by atoms with Crippen LogP contribution < -0.4 is 10.6 Å². The first-order chi connectivity index (χ1) is 16.1. The van der Waals surface area contributed by atoms with Crippen LogP contribution >= 0.6 is 0 Å². The number of anilines is 1. The molecule has 1 aliphatic rings. The van der Waals surface area contributed by atoms with Gasteiger partial charge in [0.1, 0.15) is 12.3 Å². The van der Waals surface area contributed by atoms with Gasteiger partial charge in [-0.3, -0.25) is 19.6 Å². The Kier molecular flexibility index (Phi) is 5.46. The third-order valence-corrected chi connectivity index (χ3v) is 5.76. The molecule has 0 radical (unpaired) electrons.